The smallest absolute Gasteiger partial charge is 0.258 e. The largest absolute Gasteiger partial charge is 0.396 e. The van der Waals surface area contributed by atoms with Gasteiger partial charge in [-0.2, -0.15) is 0 Å². The van der Waals surface area contributed by atoms with Gasteiger partial charge >= 0.3 is 0 Å². The summed E-state index contributed by atoms with van der Waals surface area (Å²) >= 11 is 0. The van der Waals surface area contributed by atoms with Gasteiger partial charge in [-0.1, -0.05) is 37.3 Å². The number of likely N-dealkylation sites (N-methyl/N-ethyl adjacent to an activating group) is 1. The van der Waals surface area contributed by atoms with E-state index in [0.717, 1.165) is 43.5 Å². The van der Waals surface area contributed by atoms with Crippen LogP contribution in [0.15, 0.2) is 47.3 Å². The van der Waals surface area contributed by atoms with Gasteiger partial charge in [-0.15, -0.1) is 0 Å². The minimum atomic E-state index is -0.344. The Morgan fingerprint density at radius 2 is 1.91 bits per heavy atom. The molecule has 0 saturated carbocycles. The predicted molar refractivity (Wildman–Crippen MR) is 136 cm³/mol. The summed E-state index contributed by atoms with van der Waals surface area (Å²) < 4.78 is 1.92. The van der Waals surface area contributed by atoms with Crippen molar-refractivity contribution >= 4 is 11.5 Å². The molecule has 0 spiro atoms. The van der Waals surface area contributed by atoms with Crippen LogP contribution in [-0.4, -0.2) is 51.1 Å². The van der Waals surface area contributed by atoms with E-state index in [9.17, 15) is 14.7 Å². The number of benzene rings is 1. The molecule has 1 fully saturated rings. The van der Waals surface area contributed by atoms with Crippen LogP contribution in [0.4, 0.5) is 0 Å². The fraction of sp³-hybridized carbons (Fsp3) is 0.517. The van der Waals surface area contributed by atoms with Crippen LogP contribution >= 0.6 is 0 Å². The Morgan fingerprint density at radius 1 is 1.09 bits per heavy atom. The van der Waals surface area contributed by atoms with Crippen molar-refractivity contribution in [3.63, 3.8) is 0 Å². The average molecular weight is 474 g/mol. The molecular formula is C29H35N3O3. The van der Waals surface area contributed by atoms with Crippen LogP contribution in [0.25, 0.3) is 5.57 Å². The van der Waals surface area contributed by atoms with Gasteiger partial charge in [-0.25, -0.2) is 0 Å². The number of hydrogen-bond acceptors (Lipinski definition) is 4. The molecule has 2 aromatic rings. The minimum absolute atomic E-state index is 0.0122. The molecule has 0 radical (unpaired) electrons. The molecule has 35 heavy (non-hydrogen) atoms. The number of pyridine rings is 1. The predicted octanol–water partition coefficient (Wildman–Crippen LogP) is 3.37. The van der Waals surface area contributed by atoms with E-state index in [1.807, 2.05) is 21.6 Å². The number of allylic oxidation sites excluding steroid dienone is 2. The molecule has 4 heterocycles. The Morgan fingerprint density at radius 3 is 2.66 bits per heavy atom. The molecular weight excluding hydrogens is 438 g/mol. The molecule has 3 aliphatic heterocycles. The highest BCUT2D eigenvalue weighted by Crippen LogP contribution is 2.49. The molecule has 6 rings (SSSR count). The standard InChI is InChI=1S/C29H35N3O3/c1-2-31-25-17-32-24(13-12-22(28(32)34)20-9-4-3-5-10-20)27(31)26(23(25)18-33)29(35)30-15-14-19-8-6-7-11-21(19)16-30/h6-9,11-13,23,25-27,33H,2-5,10,14-18H2,1H3/t23-,25-,26+,27+/m1/s1. The maximum Gasteiger partial charge on any atom is 0.258 e. The van der Waals surface area contributed by atoms with Gasteiger partial charge in [0, 0.05) is 49.5 Å². The molecule has 1 aromatic carbocycles. The topological polar surface area (TPSA) is 65.8 Å². The van der Waals surface area contributed by atoms with Crippen molar-refractivity contribution in [2.24, 2.45) is 11.8 Å². The Labute approximate surface area is 206 Å². The lowest BCUT2D eigenvalue weighted by Crippen LogP contribution is -2.47. The van der Waals surface area contributed by atoms with E-state index in [0.29, 0.717) is 19.6 Å². The summed E-state index contributed by atoms with van der Waals surface area (Å²) in [5, 5.41) is 10.5. The van der Waals surface area contributed by atoms with Gasteiger partial charge < -0.3 is 14.6 Å². The van der Waals surface area contributed by atoms with Gasteiger partial charge in [-0.05, 0) is 67.5 Å². The second-order valence-electron chi connectivity index (χ2n) is 10.6. The van der Waals surface area contributed by atoms with E-state index in [1.54, 1.807) is 0 Å². The first-order valence-corrected chi connectivity index (χ1v) is 13.3. The lowest BCUT2D eigenvalue weighted by atomic mass is 9.85. The fourth-order valence-electron chi connectivity index (χ4n) is 7.16. The van der Waals surface area contributed by atoms with Crippen molar-refractivity contribution in [3.05, 3.63) is 75.2 Å². The third-order valence-corrected chi connectivity index (χ3v) is 8.90. The lowest BCUT2D eigenvalue weighted by molar-refractivity contribution is -0.139. The molecule has 1 amide bonds. The summed E-state index contributed by atoms with van der Waals surface area (Å²) in [6, 6.07) is 12.2. The van der Waals surface area contributed by atoms with Crippen molar-refractivity contribution in [1.29, 1.82) is 0 Å². The number of aromatic nitrogens is 1. The highest BCUT2D eigenvalue weighted by molar-refractivity contribution is 5.81. The average Bonchev–Trinajstić information content (AvgIpc) is 3.14. The summed E-state index contributed by atoms with van der Waals surface area (Å²) in [5.74, 6) is -0.408. The van der Waals surface area contributed by atoms with Gasteiger partial charge in [0.2, 0.25) is 5.91 Å². The Balaban J connectivity index is 1.38. The Bertz CT molecular complexity index is 1230. The third-order valence-electron chi connectivity index (χ3n) is 8.90. The second-order valence-corrected chi connectivity index (χ2v) is 10.6. The number of nitrogens with zero attached hydrogens (tertiary/aromatic N) is 3. The fourth-order valence-corrected chi connectivity index (χ4v) is 7.16. The van der Waals surface area contributed by atoms with Crippen LogP contribution in [-0.2, 0) is 24.3 Å². The van der Waals surface area contributed by atoms with Gasteiger partial charge in [0.15, 0.2) is 0 Å². The highest BCUT2D eigenvalue weighted by Gasteiger charge is 2.56. The number of rotatable bonds is 4. The number of carbonyl (C=O) groups is 1. The summed E-state index contributed by atoms with van der Waals surface area (Å²) in [4.78, 5) is 32.1. The zero-order chi connectivity index (χ0) is 24.1. The molecule has 2 bridgehead atoms. The first-order chi connectivity index (χ1) is 17.1. The summed E-state index contributed by atoms with van der Waals surface area (Å²) in [6.45, 7) is 4.73. The Kier molecular flexibility index (Phi) is 5.89. The first kappa shape index (κ1) is 22.7. The molecule has 6 nitrogen and oxygen atoms in total. The van der Waals surface area contributed by atoms with Crippen molar-refractivity contribution in [2.75, 3.05) is 19.7 Å². The molecule has 4 aliphatic rings. The van der Waals surface area contributed by atoms with Crippen molar-refractivity contribution in [2.45, 2.75) is 64.2 Å². The summed E-state index contributed by atoms with van der Waals surface area (Å²) in [5.41, 5.74) is 5.51. The molecule has 1 N–H and O–H groups in total. The quantitative estimate of drug-likeness (QED) is 0.740. The molecule has 1 aromatic heterocycles. The third kappa shape index (κ3) is 3.61. The molecule has 6 heteroatoms. The number of aliphatic hydroxyl groups excluding tert-OH is 1. The van der Waals surface area contributed by atoms with Crippen LogP contribution < -0.4 is 5.56 Å². The highest BCUT2D eigenvalue weighted by atomic mass is 16.3. The molecule has 0 unspecified atom stereocenters. The van der Waals surface area contributed by atoms with Crippen LogP contribution in [0, 0.1) is 11.8 Å². The van der Waals surface area contributed by atoms with E-state index in [2.05, 4.69) is 42.2 Å². The van der Waals surface area contributed by atoms with Crippen LogP contribution in [0.5, 0.6) is 0 Å². The van der Waals surface area contributed by atoms with Gasteiger partial charge in [0.05, 0.1) is 12.0 Å². The van der Waals surface area contributed by atoms with Gasteiger partial charge in [0.25, 0.3) is 5.56 Å². The maximum atomic E-state index is 14.1. The zero-order valence-corrected chi connectivity index (χ0v) is 20.5. The SMILES string of the molecule is CCN1[C@@H]2Cn3c(ccc(C4=CCCCC4)c3=O)[C@H]1[C@@H](C(=O)N1CCc3ccccc3C1)[C@@H]2CO. The van der Waals surface area contributed by atoms with Crippen LogP contribution in [0.3, 0.4) is 0 Å². The first-order valence-electron chi connectivity index (χ1n) is 13.3. The van der Waals surface area contributed by atoms with Crippen molar-refractivity contribution in [1.82, 2.24) is 14.4 Å². The second kappa shape index (κ2) is 9.07. The molecule has 1 saturated heterocycles. The number of hydrogen-bond donors (Lipinski definition) is 1. The normalized spacial score (nSPS) is 27.8. The van der Waals surface area contributed by atoms with E-state index in [1.165, 1.54) is 23.1 Å². The van der Waals surface area contributed by atoms with Crippen molar-refractivity contribution < 1.29 is 9.90 Å². The number of amides is 1. The Hall–Kier alpha value is -2.70. The molecule has 4 atom stereocenters. The van der Waals surface area contributed by atoms with Crippen LogP contribution in [0.2, 0.25) is 0 Å². The number of carbonyl (C=O) groups excluding carboxylic acids is 1. The van der Waals surface area contributed by atoms with E-state index in [-0.39, 0.29) is 42.0 Å². The maximum absolute atomic E-state index is 14.1. The van der Waals surface area contributed by atoms with Gasteiger partial charge in [0.1, 0.15) is 0 Å². The van der Waals surface area contributed by atoms with E-state index >= 15 is 0 Å². The van der Waals surface area contributed by atoms with E-state index < -0.39 is 0 Å². The van der Waals surface area contributed by atoms with E-state index in [4.69, 9.17) is 0 Å². The summed E-state index contributed by atoms with van der Waals surface area (Å²) in [6.07, 6.45) is 7.39. The minimum Gasteiger partial charge on any atom is -0.396 e. The lowest BCUT2D eigenvalue weighted by Gasteiger charge is -2.38. The monoisotopic (exact) mass is 473 g/mol. The van der Waals surface area contributed by atoms with Crippen LogP contribution in [0.1, 0.15) is 61.0 Å². The number of fused-ring (bicyclic) bond motifs is 5. The summed E-state index contributed by atoms with van der Waals surface area (Å²) in [7, 11) is 0. The number of aliphatic hydroxyl groups is 1. The molecule has 184 valence electrons. The van der Waals surface area contributed by atoms with Crippen molar-refractivity contribution in [3.8, 4) is 0 Å². The zero-order valence-electron chi connectivity index (χ0n) is 20.5. The molecule has 1 aliphatic carbocycles. The van der Waals surface area contributed by atoms with Gasteiger partial charge in [-0.3, -0.25) is 14.5 Å².